The third kappa shape index (κ3) is 3.82. The Labute approximate surface area is 146 Å². The molecule has 136 valence electrons. The molecule has 3 aliphatic heterocycles. The molecule has 1 N–H and O–H groups in total. The largest absolute Gasteiger partial charge is 0.484 e. The smallest absolute Gasteiger partial charge is 0.258 e. The molecule has 1 amide bonds. The van der Waals surface area contributed by atoms with Crippen LogP contribution >= 0.6 is 0 Å². The van der Waals surface area contributed by atoms with Crippen molar-refractivity contribution in [3.8, 4) is 17.2 Å². The van der Waals surface area contributed by atoms with Crippen LogP contribution in [0.2, 0.25) is 0 Å². The van der Waals surface area contributed by atoms with Crippen LogP contribution in [-0.4, -0.2) is 50.8 Å². The SMILES string of the molecule is O=C(COc1ccc2c(c1)OCO2)N[C@H]1CCOC2(CCOCC2)C1. The second-order valence-corrected chi connectivity index (χ2v) is 6.70. The minimum Gasteiger partial charge on any atom is -0.484 e. The summed E-state index contributed by atoms with van der Waals surface area (Å²) in [5.74, 6) is 1.81. The van der Waals surface area contributed by atoms with E-state index in [2.05, 4.69) is 5.32 Å². The molecule has 4 rings (SSSR count). The third-order valence-electron chi connectivity index (χ3n) is 4.98. The summed E-state index contributed by atoms with van der Waals surface area (Å²) in [6.07, 6.45) is 3.46. The van der Waals surface area contributed by atoms with Gasteiger partial charge in [0.15, 0.2) is 18.1 Å². The number of nitrogens with one attached hydrogen (secondary N) is 1. The summed E-state index contributed by atoms with van der Waals surface area (Å²) in [4.78, 5) is 12.2. The molecule has 0 radical (unpaired) electrons. The summed E-state index contributed by atoms with van der Waals surface area (Å²) in [5, 5.41) is 3.07. The first-order chi connectivity index (χ1) is 12.2. The lowest BCUT2D eigenvalue weighted by Gasteiger charge is -2.43. The van der Waals surface area contributed by atoms with E-state index < -0.39 is 0 Å². The highest BCUT2D eigenvalue weighted by Crippen LogP contribution is 2.35. The van der Waals surface area contributed by atoms with Gasteiger partial charge in [-0.05, 0) is 37.8 Å². The fourth-order valence-corrected chi connectivity index (χ4v) is 3.63. The Morgan fingerprint density at radius 2 is 2.04 bits per heavy atom. The second-order valence-electron chi connectivity index (χ2n) is 6.70. The first-order valence-electron chi connectivity index (χ1n) is 8.76. The Balaban J connectivity index is 1.27. The molecule has 2 saturated heterocycles. The molecular weight excluding hydrogens is 326 g/mol. The molecule has 0 aromatic heterocycles. The van der Waals surface area contributed by atoms with E-state index in [9.17, 15) is 4.79 Å². The second kappa shape index (κ2) is 7.09. The molecule has 2 fully saturated rings. The number of hydrogen-bond donors (Lipinski definition) is 1. The molecule has 1 atom stereocenters. The van der Waals surface area contributed by atoms with Crippen LogP contribution < -0.4 is 19.5 Å². The maximum absolute atomic E-state index is 12.2. The van der Waals surface area contributed by atoms with E-state index in [1.54, 1.807) is 18.2 Å². The number of amides is 1. The molecule has 0 unspecified atom stereocenters. The van der Waals surface area contributed by atoms with Gasteiger partial charge >= 0.3 is 0 Å². The summed E-state index contributed by atoms with van der Waals surface area (Å²) >= 11 is 0. The van der Waals surface area contributed by atoms with Crippen LogP contribution in [0.25, 0.3) is 0 Å². The van der Waals surface area contributed by atoms with Gasteiger partial charge in [-0.25, -0.2) is 0 Å². The zero-order valence-electron chi connectivity index (χ0n) is 14.1. The predicted molar refractivity (Wildman–Crippen MR) is 88.0 cm³/mol. The molecule has 1 aromatic rings. The van der Waals surface area contributed by atoms with E-state index in [1.165, 1.54) is 0 Å². The molecule has 0 saturated carbocycles. The lowest BCUT2D eigenvalue weighted by molar-refractivity contribution is -0.144. The Hall–Kier alpha value is -1.99. The summed E-state index contributed by atoms with van der Waals surface area (Å²) < 4.78 is 27.6. The fraction of sp³-hybridized carbons (Fsp3) is 0.611. The van der Waals surface area contributed by atoms with Gasteiger partial charge in [0, 0.05) is 31.9 Å². The number of benzene rings is 1. The monoisotopic (exact) mass is 349 g/mol. The quantitative estimate of drug-likeness (QED) is 0.891. The van der Waals surface area contributed by atoms with Gasteiger partial charge in [-0.1, -0.05) is 0 Å². The molecule has 7 heteroatoms. The van der Waals surface area contributed by atoms with Crippen LogP contribution in [0.15, 0.2) is 18.2 Å². The van der Waals surface area contributed by atoms with Crippen LogP contribution in [0, 0.1) is 0 Å². The summed E-state index contributed by atoms with van der Waals surface area (Å²) in [6.45, 7) is 2.33. The molecule has 25 heavy (non-hydrogen) atoms. The summed E-state index contributed by atoms with van der Waals surface area (Å²) in [5.41, 5.74) is -0.132. The Morgan fingerprint density at radius 1 is 1.20 bits per heavy atom. The molecule has 7 nitrogen and oxygen atoms in total. The van der Waals surface area contributed by atoms with E-state index in [4.69, 9.17) is 23.7 Å². The highest BCUT2D eigenvalue weighted by Gasteiger charge is 2.39. The normalized spacial score (nSPS) is 24.1. The van der Waals surface area contributed by atoms with Crippen molar-refractivity contribution in [3.05, 3.63) is 18.2 Å². The van der Waals surface area contributed by atoms with Gasteiger partial charge in [0.25, 0.3) is 5.91 Å². The van der Waals surface area contributed by atoms with Gasteiger partial charge in [0.05, 0.1) is 5.60 Å². The first-order valence-corrected chi connectivity index (χ1v) is 8.76. The topological polar surface area (TPSA) is 75.3 Å². The Morgan fingerprint density at radius 3 is 2.92 bits per heavy atom. The fourth-order valence-electron chi connectivity index (χ4n) is 3.63. The molecular formula is C18H23NO6. The van der Waals surface area contributed by atoms with E-state index >= 15 is 0 Å². The van der Waals surface area contributed by atoms with Crippen molar-refractivity contribution in [2.75, 3.05) is 33.2 Å². The van der Waals surface area contributed by atoms with Crippen molar-refractivity contribution in [2.45, 2.75) is 37.3 Å². The summed E-state index contributed by atoms with van der Waals surface area (Å²) in [6, 6.07) is 5.41. The Kier molecular flexibility index (Phi) is 4.67. The minimum atomic E-state index is -0.132. The molecule has 0 aliphatic carbocycles. The minimum absolute atomic E-state index is 0.0207. The van der Waals surface area contributed by atoms with Gasteiger partial charge in [-0.3, -0.25) is 4.79 Å². The molecule has 3 heterocycles. The average Bonchev–Trinajstić information content (AvgIpc) is 3.08. The van der Waals surface area contributed by atoms with E-state index in [1.807, 2.05) is 0 Å². The van der Waals surface area contributed by atoms with E-state index in [0.29, 0.717) is 23.9 Å². The van der Waals surface area contributed by atoms with Gasteiger partial charge < -0.3 is 29.0 Å². The van der Waals surface area contributed by atoms with Gasteiger partial charge in [-0.2, -0.15) is 0 Å². The number of fused-ring (bicyclic) bond motifs is 1. The van der Waals surface area contributed by atoms with Crippen LogP contribution in [0.4, 0.5) is 0 Å². The molecule has 0 bridgehead atoms. The van der Waals surface area contributed by atoms with Crippen molar-refractivity contribution in [1.82, 2.24) is 5.32 Å². The van der Waals surface area contributed by atoms with Crippen LogP contribution in [0.5, 0.6) is 17.2 Å². The van der Waals surface area contributed by atoms with Crippen molar-refractivity contribution in [2.24, 2.45) is 0 Å². The molecule has 3 aliphatic rings. The third-order valence-corrected chi connectivity index (χ3v) is 4.98. The van der Waals surface area contributed by atoms with Gasteiger partial charge in [0.2, 0.25) is 6.79 Å². The zero-order chi connectivity index (χ0) is 17.1. The average molecular weight is 349 g/mol. The van der Waals surface area contributed by atoms with E-state index in [0.717, 1.165) is 38.9 Å². The highest BCUT2D eigenvalue weighted by molar-refractivity contribution is 5.77. The van der Waals surface area contributed by atoms with Gasteiger partial charge in [-0.15, -0.1) is 0 Å². The lowest BCUT2D eigenvalue weighted by atomic mass is 9.84. The van der Waals surface area contributed by atoms with Crippen molar-refractivity contribution >= 4 is 5.91 Å². The van der Waals surface area contributed by atoms with Gasteiger partial charge in [0.1, 0.15) is 5.75 Å². The first kappa shape index (κ1) is 16.5. The highest BCUT2D eigenvalue weighted by atomic mass is 16.7. The lowest BCUT2D eigenvalue weighted by Crippen LogP contribution is -2.51. The maximum Gasteiger partial charge on any atom is 0.258 e. The standard InChI is InChI=1S/C18H23NO6/c20-17(11-22-14-1-2-15-16(9-14)24-12-23-15)19-13-3-6-25-18(10-13)4-7-21-8-5-18/h1-2,9,13H,3-8,10-12H2,(H,19,20)/t13-/m0/s1. The predicted octanol–water partition coefficient (Wildman–Crippen LogP) is 1.64. The molecule has 1 spiro atoms. The molecule has 1 aromatic carbocycles. The van der Waals surface area contributed by atoms with Crippen molar-refractivity contribution in [1.29, 1.82) is 0 Å². The number of carbonyl (C=O) groups is 1. The number of ether oxygens (including phenoxy) is 5. The number of hydrogen-bond acceptors (Lipinski definition) is 6. The van der Waals surface area contributed by atoms with Crippen molar-refractivity contribution < 1.29 is 28.5 Å². The van der Waals surface area contributed by atoms with Crippen LogP contribution in [0.1, 0.15) is 25.7 Å². The van der Waals surface area contributed by atoms with E-state index in [-0.39, 0.29) is 30.9 Å². The van der Waals surface area contributed by atoms with Crippen LogP contribution in [0.3, 0.4) is 0 Å². The van der Waals surface area contributed by atoms with Crippen molar-refractivity contribution in [3.63, 3.8) is 0 Å². The zero-order valence-corrected chi connectivity index (χ0v) is 14.1. The number of carbonyl (C=O) groups excluding carboxylic acids is 1. The number of rotatable bonds is 4. The Bertz CT molecular complexity index is 622. The maximum atomic E-state index is 12.2. The summed E-state index contributed by atoms with van der Waals surface area (Å²) in [7, 11) is 0. The van der Waals surface area contributed by atoms with Crippen LogP contribution in [-0.2, 0) is 14.3 Å².